The Bertz CT molecular complexity index is 1200. The first-order valence-electron chi connectivity index (χ1n) is 9.32. The van der Waals surface area contributed by atoms with Gasteiger partial charge in [0, 0.05) is 19.0 Å². The summed E-state index contributed by atoms with van der Waals surface area (Å²) in [6, 6.07) is 12.2. The summed E-state index contributed by atoms with van der Waals surface area (Å²) in [7, 11) is 3.31. The molecule has 1 aromatic heterocycles. The molecule has 0 atom stereocenters. The number of aryl methyl sites for hydroxylation is 1. The first-order valence-corrected chi connectivity index (χ1v) is 11.3. The number of benzene rings is 2. The number of thioether (sulfide) groups is 1. The average molecular weight is 492 g/mol. The van der Waals surface area contributed by atoms with Gasteiger partial charge in [-0.2, -0.15) is 0 Å². The molecule has 0 aliphatic carbocycles. The number of hydrogen-bond donors (Lipinski definition) is 2. The fourth-order valence-electron chi connectivity index (χ4n) is 2.65. The lowest BCUT2D eigenvalue weighted by Crippen LogP contribution is -2.17. The summed E-state index contributed by atoms with van der Waals surface area (Å²) < 4.78 is 13.2. The van der Waals surface area contributed by atoms with Gasteiger partial charge in [-0.1, -0.05) is 23.7 Å². The van der Waals surface area contributed by atoms with Crippen LogP contribution in [-0.2, 0) is 0 Å². The maximum atomic E-state index is 13.2. The molecule has 3 amide bonds. The van der Waals surface area contributed by atoms with E-state index in [2.05, 4.69) is 10.6 Å². The number of rotatable bonds is 5. The molecule has 3 aromatic rings. The quantitative estimate of drug-likeness (QED) is 0.421. The first-order chi connectivity index (χ1) is 15.2. The zero-order valence-corrected chi connectivity index (χ0v) is 19.8. The van der Waals surface area contributed by atoms with E-state index in [9.17, 15) is 18.8 Å². The van der Waals surface area contributed by atoms with Gasteiger partial charge in [0.2, 0.25) is 0 Å². The zero-order valence-electron chi connectivity index (χ0n) is 17.4. The molecule has 6 nitrogen and oxygen atoms in total. The van der Waals surface area contributed by atoms with Crippen LogP contribution < -0.4 is 10.6 Å². The van der Waals surface area contributed by atoms with Crippen LogP contribution in [0.3, 0.4) is 0 Å². The molecule has 3 rings (SSSR count). The second-order valence-corrected chi connectivity index (χ2v) is 9.37. The van der Waals surface area contributed by atoms with Crippen LogP contribution in [0.5, 0.6) is 0 Å². The highest BCUT2D eigenvalue weighted by molar-refractivity contribution is 8.13. The van der Waals surface area contributed by atoms with Gasteiger partial charge in [-0.05, 0) is 60.6 Å². The monoisotopic (exact) mass is 491 g/mol. The molecular weight excluding hydrogens is 473 g/mol. The largest absolute Gasteiger partial charge is 0.339 e. The summed E-state index contributed by atoms with van der Waals surface area (Å²) in [6.45, 7) is 1.75. The van der Waals surface area contributed by atoms with Crippen LogP contribution in [0.15, 0.2) is 53.4 Å². The van der Waals surface area contributed by atoms with Crippen LogP contribution >= 0.6 is 34.7 Å². The molecule has 0 radical (unpaired) electrons. The van der Waals surface area contributed by atoms with Crippen LogP contribution in [0, 0.1) is 12.7 Å². The third kappa shape index (κ3) is 5.67. The van der Waals surface area contributed by atoms with E-state index in [0.29, 0.717) is 26.0 Å². The molecular formula is C22H19ClFN3O3S2. The molecule has 1 heterocycles. The Morgan fingerprint density at radius 3 is 2.44 bits per heavy atom. The Balaban J connectivity index is 1.76. The highest BCUT2D eigenvalue weighted by atomic mass is 35.5. The smallest absolute Gasteiger partial charge is 0.286 e. The molecule has 32 heavy (non-hydrogen) atoms. The van der Waals surface area contributed by atoms with Crippen LogP contribution in [0.4, 0.5) is 19.9 Å². The van der Waals surface area contributed by atoms with Crippen molar-refractivity contribution in [1.82, 2.24) is 4.90 Å². The second-order valence-electron chi connectivity index (χ2n) is 6.91. The number of nitrogens with one attached hydrogen (secondary N) is 2. The Hall–Kier alpha value is -2.88. The van der Waals surface area contributed by atoms with Gasteiger partial charge in [-0.15, -0.1) is 11.3 Å². The molecule has 0 saturated heterocycles. The topological polar surface area (TPSA) is 78.5 Å². The molecule has 0 aliphatic heterocycles. The molecule has 0 saturated carbocycles. The summed E-state index contributed by atoms with van der Waals surface area (Å²) in [5, 5.41) is 5.80. The van der Waals surface area contributed by atoms with Crippen molar-refractivity contribution in [3.05, 3.63) is 75.4 Å². The summed E-state index contributed by atoms with van der Waals surface area (Å²) in [4.78, 5) is 39.9. The Kier molecular flexibility index (Phi) is 7.55. The number of anilines is 2. The van der Waals surface area contributed by atoms with E-state index in [1.54, 1.807) is 51.4 Å². The predicted molar refractivity (Wildman–Crippen MR) is 128 cm³/mol. The Labute approximate surface area is 197 Å². The number of halogens is 2. The van der Waals surface area contributed by atoms with Gasteiger partial charge in [0.15, 0.2) is 0 Å². The molecule has 166 valence electrons. The summed E-state index contributed by atoms with van der Waals surface area (Å²) in [6.07, 6.45) is 0. The molecule has 0 fully saturated rings. The maximum Gasteiger partial charge on any atom is 0.286 e. The van der Waals surface area contributed by atoms with E-state index in [0.717, 1.165) is 35.2 Å². The van der Waals surface area contributed by atoms with Gasteiger partial charge in [-0.25, -0.2) is 4.39 Å². The van der Waals surface area contributed by atoms with Crippen molar-refractivity contribution in [2.75, 3.05) is 24.7 Å². The first kappa shape index (κ1) is 23.8. The molecule has 10 heteroatoms. The van der Waals surface area contributed by atoms with Gasteiger partial charge < -0.3 is 15.5 Å². The summed E-state index contributed by atoms with van der Waals surface area (Å²) in [5.41, 5.74) is 1.30. The third-order valence-electron chi connectivity index (χ3n) is 4.23. The van der Waals surface area contributed by atoms with Crippen molar-refractivity contribution in [2.45, 2.75) is 11.8 Å². The standard InChI is InChI=1S/C22H19ClFN3O3S2/c1-12-10-18(26-20(28)14-9-8-13(24)11-15(14)23)32-19(12)21(29)25-16-6-4-5-7-17(16)31-22(30)27(2)3/h4-11H,1-3H3,(H,25,29)(H,26,28). The summed E-state index contributed by atoms with van der Waals surface area (Å²) >= 11 is 8.06. The van der Waals surface area contributed by atoms with Gasteiger partial charge >= 0.3 is 0 Å². The van der Waals surface area contributed by atoms with Crippen molar-refractivity contribution in [3.63, 3.8) is 0 Å². The molecule has 2 N–H and O–H groups in total. The number of hydrogen-bond acceptors (Lipinski definition) is 5. The average Bonchev–Trinajstić information content (AvgIpc) is 3.09. The second kappa shape index (κ2) is 10.2. The van der Waals surface area contributed by atoms with Crippen molar-refractivity contribution in [2.24, 2.45) is 0 Å². The zero-order chi connectivity index (χ0) is 23.4. The minimum absolute atomic E-state index is 0.00452. The minimum atomic E-state index is -0.539. The molecule has 0 spiro atoms. The predicted octanol–water partition coefficient (Wildman–Crippen LogP) is 6.13. The fraction of sp³-hybridized carbons (Fsp3) is 0.136. The number of carbonyl (C=O) groups is 3. The van der Waals surface area contributed by atoms with Crippen molar-refractivity contribution < 1.29 is 18.8 Å². The summed E-state index contributed by atoms with van der Waals surface area (Å²) in [5.74, 6) is -1.41. The van der Waals surface area contributed by atoms with Gasteiger partial charge in [0.25, 0.3) is 17.1 Å². The molecule has 0 bridgehead atoms. The van der Waals surface area contributed by atoms with E-state index in [4.69, 9.17) is 11.6 Å². The number of nitrogens with zero attached hydrogens (tertiary/aromatic N) is 1. The third-order valence-corrected chi connectivity index (χ3v) is 6.81. The molecule has 0 unspecified atom stereocenters. The van der Waals surface area contributed by atoms with E-state index >= 15 is 0 Å². The number of para-hydroxylation sites is 1. The highest BCUT2D eigenvalue weighted by Gasteiger charge is 2.19. The van der Waals surface area contributed by atoms with Gasteiger partial charge in [-0.3, -0.25) is 14.4 Å². The van der Waals surface area contributed by atoms with Crippen molar-refractivity contribution in [3.8, 4) is 0 Å². The van der Waals surface area contributed by atoms with Crippen molar-refractivity contribution in [1.29, 1.82) is 0 Å². The lowest BCUT2D eigenvalue weighted by molar-refractivity contribution is 0.102. The highest BCUT2D eigenvalue weighted by Crippen LogP contribution is 2.32. The van der Waals surface area contributed by atoms with Crippen molar-refractivity contribution >= 4 is 62.4 Å². The van der Waals surface area contributed by atoms with E-state index in [1.165, 1.54) is 11.0 Å². The van der Waals surface area contributed by atoms with Crippen LogP contribution in [-0.4, -0.2) is 36.0 Å². The normalized spacial score (nSPS) is 10.5. The van der Waals surface area contributed by atoms with E-state index in [-0.39, 0.29) is 21.7 Å². The molecule has 2 aromatic carbocycles. The van der Waals surface area contributed by atoms with Gasteiger partial charge in [0.05, 0.1) is 26.2 Å². The van der Waals surface area contributed by atoms with Gasteiger partial charge in [0.1, 0.15) is 5.82 Å². The Morgan fingerprint density at radius 2 is 1.75 bits per heavy atom. The number of carbonyl (C=O) groups excluding carboxylic acids is 3. The lowest BCUT2D eigenvalue weighted by Gasteiger charge is -2.13. The number of amides is 3. The minimum Gasteiger partial charge on any atom is -0.339 e. The maximum absolute atomic E-state index is 13.2. The fourth-order valence-corrected chi connectivity index (χ4v) is 4.61. The van der Waals surface area contributed by atoms with Crippen LogP contribution in [0.2, 0.25) is 5.02 Å². The van der Waals surface area contributed by atoms with Crippen LogP contribution in [0.25, 0.3) is 0 Å². The van der Waals surface area contributed by atoms with E-state index < -0.39 is 11.7 Å². The Morgan fingerprint density at radius 1 is 1.03 bits per heavy atom. The lowest BCUT2D eigenvalue weighted by atomic mass is 10.2. The van der Waals surface area contributed by atoms with Crippen LogP contribution in [0.1, 0.15) is 25.6 Å². The SMILES string of the molecule is Cc1cc(NC(=O)c2ccc(F)cc2Cl)sc1C(=O)Nc1ccccc1SC(=O)N(C)C. The molecule has 0 aliphatic rings. The van der Waals surface area contributed by atoms with E-state index in [1.807, 2.05) is 0 Å². The number of thiophene rings is 1.